The first-order chi connectivity index (χ1) is 5.52. The Morgan fingerprint density at radius 1 is 1.67 bits per heavy atom. The molecule has 0 aromatic heterocycles. The van der Waals surface area contributed by atoms with E-state index >= 15 is 0 Å². The van der Waals surface area contributed by atoms with Crippen molar-refractivity contribution < 1.29 is 4.79 Å². The van der Waals surface area contributed by atoms with Gasteiger partial charge in [-0.2, -0.15) is 0 Å². The second-order valence-electron chi connectivity index (χ2n) is 3.82. The summed E-state index contributed by atoms with van der Waals surface area (Å²) in [4.78, 5) is 10.9. The standard InChI is InChI=1S/C8H17N3O/c1-8(2,7(9)12)11-6-3-4-10-5-6/h6,10-11H,3-5H2,1-2H3,(H2,9,12). The third-order valence-corrected chi connectivity index (χ3v) is 2.24. The molecule has 1 rings (SSSR count). The zero-order chi connectivity index (χ0) is 9.19. The predicted octanol–water partition coefficient (Wildman–Crippen LogP) is -0.798. The second kappa shape index (κ2) is 3.41. The van der Waals surface area contributed by atoms with Gasteiger partial charge >= 0.3 is 0 Å². The van der Waals surface area contributed by atoms with Crippen LogP contribution in [0.1, 0.15) is 20.3 Å². The molecule has 4 heteroatoms. The van der Waals surface area contributed by atoms with Crippen LogP contribution in [0, 0.1) is 0 Å². The van der Waals surface area contributed by atoms with Crippen molar-refractivity contribution in [3.05, 3.63) is 0 Å². The van der Waals surface area contributed by atoms with Crippen LogP contribution in [0.15, 0.2) is 0 Å². The summed E-state index contributed by atoms with van der Waals surface area (Å²) in [6, 6.07) is 0.382. The molecule has 1 aliphatic heterocycles. The number of rotatable bonds is 3. The van der Waals surface area contributed by atoms with Crippen LogP contribution >= 0.6 is 0 Å². The highest BCUT2D eigenvalue weighted by atomic mass is 16.1. The van der Waals surface area contributed by atoms with Crippen LogP contribution in [-0.4, -0.2) is 30.6 Å². The minimum Gasteiger partial charge on any atom is -0.368 e. The molecule has 12 heavy (non-hydrogen) atoms. The van der Waals surface area contributed by atoms with E-state index in [-0.39, 0.29) is 5.91 Å². The van der Waals surface area contributed by atoms with E-state index in [1.807, 2.05) is 13.8 Å². The van der Waals surface area contributed by atoms with Crippen LogP contribution < -0.4 is 16.4 Å². The highest BCUT2D eigenvalue weighted by molar-refractivity contribution is 5.83. The maximum atomic E-state index is 10.9. The van der Waals surface area contributed by atoms with Crippen LogP contribution in [0.2, 0.25) is 0 Å². The number of carbonyl (C=O) groups excluding carboxylic acids is 1. The van der Waals surface area contributed by atoms with Crippen molar-refractivity contribution in [3.8, 4) is 0 Å². The Hall–Kier alpha value is -0.610. The average molecular weight is 171 g/mol. The summed E-state index contributed by atoms with van der Waals surface area (Å²) in [6.45, 7) is 5.57. The summed E-state index contributed by atoms with van der Waals surface area (Å²) in [6.07, 6.45) is 1.07. The molecular formula is C8H17N3O. The lowest BCUT2D eigenvalue weighted by molar-refractivity contribution is -0.123. The number of nitrogens with two attached hydrogens (primary N) is 1. The Labute approximate surface area is 72.9 Å². The first-order valence-electron chi connectivity index (χ1n) is 4.31. The minimum atomic E-state index is -0.587. The van der Waals surface area contributed by atoms with Gasteiger partial charge in [-0.05, 0) is 26.8 Å². The van der Waals surface area contributed by atoms with Crippen molar-refractivity contribution in [2.75, 3.05) is 13.1 Å². The number of carbonyl (C=O) groups is 1. The van der Waals surface area contributed by atoms with Gasteiger partial charge in [-0.1, -0.05) is 0 Å². The van der Waals surface area contributed by atoms with Gasteiger partial charge in [0.1, 0.15) is 0 Å². The van der Waals surface area contributed by atoms with Gasteiger partial charge in [-0.3, -0.25) is 10.1 Å². The Bertz CT molecular complexity index is 173. The molecule has 0 spiro atoms. The summed E-state index contributed by atoms with van der Waals surface area (Å²) < 4.78 is 0. The molecule has 0 bridgehead atoms. The fourth-order valence-electron chi connectivity index (χ4n) is 1.36. The SMILES string of the molecule is CC(C)(NC1CCNC1)C(N)=O. The molecule has 1 heterocycles. The summed E-state index contributed by atoms with van der Waals surface area (Å²) in [5.41, 5.74) is 4.64. The molecule has 0 aromatic carbocycles. The monoisotopic (exact) mass is 171 g/mol. The Balaban J connectivity index is 2.42. The molecule has 1 aliphatic rings. The number of amides is 1. The van der Waals surface area contributed by atoms with Crippen molar-refractivity contribution >= 4 is 5.91 Å². The van der Waals surface area contributed by atoms with E-state index in [1.54, 1.807) is 0 Å². The molecule has 1 saturated heterocycles. The zero-order valence-corrected chi connectivity index (χ0v) is 7.68. The lowest BCUT2D eigenvalue weighted by atomic mass is 10.0. The largest absolute Gasteiger partial charge is 0.368 e. The third kappa shape index (κ3) is 2.19. The molecule has 0 aromatic rings. The second-order valence-corrected chi connectivity index (χ2v) is 3.82. The fourth-order valence-corrected chi connectivity index (χ4v) is 1.36. The maximum Gasteiger partial charge on any atom is 0.237 e. The number of hydrogen-bond acceptors (Lipinski definition) is 3. The Morgan fingerprint density at radius 2 is 2.33 bits per heavy atom. The lowest BCUT2D eigenvalue weighted by Gasteiger charge is -2.26. The van der Waals surface area contributed by atoms with Gasteiger partial charge in [0.2, 0.25) is 5.91 Å². The van der Waals surface area contributed by atoms with E-state index in [0.717, 1.165) is 19.5 Å². The summed E-state index contributed by atoms with van der Waals surface area (Å²) >= 11 is 0. The van der Waals surface area contributed by atoms with Crippen molar-refractivity contribution in [3.63, 3.8) is 0 Å². The van der Waals surface area contributed by atoms with Crippen LogP contribution in [0.5, 0.6) is 0 Å². The van der Waals surface area contributed by atoms with Gasteiger partial charge in [0, 0.05) is 12.6 Å². The van der Waals surface area contributed by atoms with Crippen LogP contribution in [0.4, 0.5) is 0 Å². The van der Waals surface area contributed by atoms with E-state index in [4.69, 9.17) is 5.73 Å². The van der Waals surface area contributed by atoms with Gasteiger partial charge in [0.25, 0.3) is 0 Å². The molecule has 1 amide bonds. The molecule has 1 fully saturated rings. The van der Waals surface area contributed by atoms with Gasteiger partial charge < -0.3 is 11.1 Å². The van der Waals surface area contributed by atoms with Gasteiger partial charge in [-0.25, -0.2) is 0 Å². The van der Waals surface area contributed by atoms with Gasteiger partial charge in [0.05, 0.1) is 5.54 Å². The number of hydrogen-bond donors (Lipinski definition) is 3. The fraction of sp³-hybridized carbons (Fsp3) is 0.875. The summed E-state index contributed by atoms with van der Waals surface area (Å²) in [7, 11) is 0. The molecule has 4 N–H and O–H groups in total. The van der Waals surface area contributed by atoms with Crippen LogP contribution in [-0.2, 0) is 4.79 Å². The lowest BCUT2D eigenvalue weighted by Crippen LogP contribution is -2.55. The quantitative estimate of drug-likeness (QED) is 0.521. The van der Waals surface area contributed by atoms with E-state index in [9.17, 15) is 4.79 Å². The van der Waals surface area contributed by atoms with Crippen LogP contribution in [0.25, 0.3) is 0 Å². The third-order valence-electron chi connectivity index (χ3n) is 2.24. The average Bonchev–Trinajstić information content (AvgIpc) is 2.38. The summed E-state index contributed by atoms with van der Waals surface area (Å²) in [5, 5.41) is 6.44. The van der Waals surface area contributed by atoms with Crippen molar-refractivity contribution in [1.82, 2.24) is 10.6 Å². The van der Waals surface area contributed by atoms with E-state index < -0.39 is 5.54 Å². The molecule has 0 radical (unpaired) electrons. The normalized spacial score (nSPS) is 24.3. The Kier molecular flexibility index (Phi) is 2.69. The van der Waals surface area contributed by atoms with Crippen molar-refractivity contribution in [2.45, 2.75) is 31.8 Å². The smallest absolute Gasteiger partial charge is 0.237 e. The molecule has 1 unspecified atom stereocenters. The van der Waals surface area contributed by atoms with Crippen LogP contribution in [0.3, 0.4) is 0 Å². The van der Waals surface area contributed by atoms with E-state index in [0.29, 0.717) is 6.04 Å². The summed E-state index contributed by atoms with van der Waals surface area (Å²) in [5.74, 6) is -0.297. The first kappa shape index (κ1) is 9.48. The van der Waals surface area contributed by atoms with Crippen molar-refractivity contribution in [1.29, 1.82) is 0 Å². The molecule has 70 valence electrons. The van der Waals surface area contributed by atoms with Crippen molar-refractivity contribution in [2.24, 2.45) is 5.73 Å². The first-order valence-corrected chi connectivity index (χ1v) is 4.31. The molecule has 4 nitrogen and oxygen atoms in total. The minimum absolute atomic E-state index is 0.297. The highest BCUT2D eigenvalue weighted by Crippen LogP contribution is 2.06. The number of nitrogens with one attached hydrogen (secondary N) is 2. The molecule has 0 aliphatic carbocycles. The molecular weight excluding hydrogens is 154 g/mol. The molecule has 1 atom stereocenters. The molecule has 0 saturated carbocycles. The predicted molar refractivity (Wildman–Crippen MR) is 47.7 cm³/mol. The number of primary amides is 1. The van der Waals surface area contributed by atoms with E-state index in [2.05, 4.69) is 10.6 Å². The highest BCUT2D eigenvalue weighted by Gasteiger charge is 2.28. The topological polar surface area (TPSA) is 67.2 Å². The van der Waals surface area contributed by atoms with Gasteiger partial charge in [-0.15, -0.1) is 0 Å². The Morgan fingerprint density at radius 3 is 2.75 bits per heavy atom. The zero-order valence-electron chi connectivity index (χ0n) is 7.68. The maximum absolute atomic E-state index is 10.9. The van der Waals surface area contributed by atoms with E-state index in [1.165, 1.54) is 0 Å². The van der Waals surface area contributed by atoms with Gasteiger partial charge in [0.15, 0.2) is 0 Å².